The standard InChI is InChI=1S/C32H30N2O3S/c1-19(2)20-9-11-22(12-10-20)30-26-16-14-21-7-5-6-8-25(21)29(26)33-32-34(30)31(35)28(38-32)17-23-13-15-24(36-3)18-27(23)37-4/h5-13,15,17-19,30H,14,16H2,1-4H3. The van der Waals surface area contributed by atoms with E-state index in [1.54, 1.807) is 14.2 Å². The maximum atomic E-state index is 14.0. The predicted octanol–water partition coefficient (Wildman–Crippen LogP) is 5.46. The van der Waals surface area contributed by atoms with Gasteiger partial charge in [0.15, 0.2) is 4.80 Å². The molecular weight excluding hydrogens is 492 g/mol. The highest BCUT2D eigenvalue weighted by Crippen LogP contribution is 2.41. The van der Waals surface area contributed by atoms with Crippen molar-refractivity contribution in [2.24, 2.45) is 4.99 Å². The summed E-state index contributed by atoms with van der Waals surface area (Å²) < 4.78 is 13.5. The number of hydrogen-bond acceptors (Lipinski definition) is 5. The molecule has 0 fully saturated rings. The van der Waals surface area contributed by atoms with Crippen LogP contribution >= 0.6 is 11.3 Å². The molecule has 1 unspecified atom stereocenters. The van der Waals surface area contributed by atoms with Gasteiger partial charge in [0.25, 0.3) is 5.56 Å². The summed E-state index contributed by atoms with van der Waals surface area (Å²) in [6.07, 6.45) is 3.72. The molecule has 4 aromatic rings. The number of rotatable bonds is 5. The van der Waals surface area contributed by atoms with Crippen LogP contribution in [-0.2, 0) is 6.42 Å². The minimum absolute atomic E-state index is 0.0324. The summed E-state index contributed by atoms with van der Waals surface area (Å²) in [6, 6.07) is 22.7. The molecule has 1 aliphatic heterocycles. The van der Waals surface area contributed by atoms with Crippen molar-refractivity contribution in [3.05, 3.63) is 120 Å². The number of methoxy groups -OCH3 is 2. The Morgan fingerprint density at radius 2 is 1.79 bits per heavy atom. The van der Waals surface area contributed by atoms with Crippen molar-refractivity contribution in [1.82, 2.24) is 4.57 Å². The first kappa shape index (κ1) is 24.4. The van der Waals surface area contributed by atoms with Crippen LogP contribution in [-0.4, -0.2) is 18.8 Å². The lowest BCUT2D eigenvalue weighted by molar-refractivity contribution is 0.393. The van der Waals surface area contributed by atoms with Gasteiger partial charge in [0.1, 0.15) is 11.5 Å². The van der Waals surface area contributed by atoms with Gasteiger partial charge in [-0.3, -0.25) is 9.36 Å². The first-order valence-electron chi connectivity index (χ1n) is 12.9. The summed E-state index contributed by atoms with van der Waals surface area (Å²) in [4.78, 5) is 19.9. The average molecular weight is 523 g/mol. The molecule has 3 aromatic carbocycles. The van der Waals surface area contributed by atoms with Crippen LogP contribution in [0.5, 0.6) is 11.5 Å². The zero-order chi connectivity index (χ0) is 26.4. The molecule has 0 N–H and O–H groups in total. The largest absolute Gasteiger partial charge is 0.497 e. The van der Waals surface area contributed by atoms with E-state index in [1.165, 1.54) is 33.6 Å². The van der Waals surface area contributed by atoms with Crippen LogP contribution in [0.25, 0.3) is 11.8 Å². The van der Waals surface area contributed by atoms with E-state index >= 15 is 0 Å². The second-order valence-electron chi connectivity index (χ2n) is 10.0. The van der Waals surface area contributed by atoms with Gasteiger partial charge in [-0.05, 0) is 59.2 Å². The third-order valence-electron chi connectivity index (χ3n) is 7.52. The van der Waals surface area contributed by atoms with E-state index in [9.17, 15) is 4.79 Å². The molecule has 0 bridgehead atoms. The van der Waals surface area contributed by atoms with E-state index < -0.39 is 0 Å². The number of hydrogen-bond donors (Lipinski definition) is 0. The van der Waals surface area contributed by atoms with E-state index in [0.717, 1.165) is 34.5 Å². The molecule has 192 valence electrons. The smallest absolute Gasteiger partial charge is 0.271 e. The summed E-state index contributed by atoms with van der Waals surface area (Å²) in [7, 11) is 3.25. The fourth-order valence-corrected chi connectivity index (χ4v) is 6.46. The van der Waals surface area contributed by atoms with Gasteiger partial charge >= 0.3 is 0 Å². The summed E-state index contributed by atoms with van der Waals surface area (Å²) >= 11 is 1.43. The van der Waals surface area contributed by atoms with Crippen molar-refractivity contribution in [3.8, 4) is 11.5 Å². The molecule has 2 heterocycles. The molecule has 5 nitrogen and oxygen atoms in total. The van der Waals surface area contributed by atoms with Crippen molar-refractivity contribution in [2.45, 2.75) is 38.6 Å². The molecule has 38 heavy (non-hydrogen) atoms. The van der Waals surface area contributed by atoms with Crippen molar-refractivity contribution in [1.29, 1.82) is 0 Å². The Kier molecular flexibility index (Phi) is 6.28. The van der Waals surface area contributed by atoms with Crippen LogP contribution < -0.4 is 24.4 Å². The van der Waals surface area contributed by atoms with Gasteiger partial charge in [0, 0.05) is 17.2 Å². The number of allylic oxidation sites excluding steroid dienone is 1. The van der Waals surface area contributed by atoms with E-state index in [4.69, 9.17) is 14.5 Å². The molecular formula is C32H30N2O3S. The lowest BCUT2D eigenvalue weighted by Crippen LogP contribution is -2.38. The number of thiazole rings is 1. The van der Waals surface area contributed by atoms with Crippen molar-refractivity contribution < 1.29 is 9.47 Å². The van der Waals surface area contributed by atoms with Crippen molar-refractivity contribution in [2.75, 3.05) is 14.2 Å². The van der Waals surface area contributed by atoms with E-state index in [1.807, 2.05) is 28.8 Å². The van der Waals surface area contributed by atoms with Crippen LogP contribution in [0.3, 0.4) is 0 Å². The van der Waals surface area contributed by atoms with Crippen LogP contribution in [0.2, 0.25) is 0 Å². The molecule has 1 atom stereocenters. The SMILES string of the molecule is COc1ccc(C=c2sc3n(c2=O)C(c2ccc(C(C)C)cc2)C2=C(N=3)c3ccccc3CC2)c(OC)c1. The maximum Gasteiger partial charge on any atom is 0.271 e. The van der Waals surface area contributed by atoms with Gasteiger partial charge in [-0.25, -0.2) is 4.99 Å². The molecule has 6 rings (SSSR count). The lowest BCUT2D eigenvalue weighted by atomic mass is 9.83. The summed E-state index contributed by atoms with van der Waals surface area (Å²) in [5, 5.41) is 0. The Hall–Kier alpha value is -3.90. The first-order valence-corrected chi connectivity index (χ1v) is 13.7. The Labute approximate surface area is 226 Å². The Bertz CT molecular complexity index is 1740. The Morgan fingerprint density at radius 1 is 1.00 bits per heavy atom. The molecule has 0 amide bonds. The van der Waals surface area contributed by atoms with Crippen molar-refractivity contribution in [3.63, 3.8) is 0 Å². The highest BCUT2D eigenvalue weighted by atomic mass is 32.1. The molecule has 0 spiro atoms. The Morgan fingerprint density at radius 3 is 2.53 bits per heavy atom. The van der Waals surface area contributed by atoms with E-state index in [-0.39, 0.29) is 11.6 Å². The number of aromatic nitrogens is 1. The molecule has 0 radical (unpaired) electrons. The first-order chi connectivity index (χ1) is 18.5. The number of benzene rings is 3. The van der Waals surface area contributed by atoms with Crippen LogP contribution in [0, 0.1) is 0 Å². The zero-order valence-corrected chi connectivity index (χ0v) is 22.8. The molecule has 0 saturated heterocycles. The molecule has 0 saturated carbocycles. The van der Waals surface area contributed by atoms with E-state index in [0.29, 0.717) is 21.9 Å². The number of nitrogens with zero attached hydrogens (tertiary/aromatic N) is 2. The maximum absolute atomic E-state index is 14.0. The van der Waals surface area contributed by atoms with Gasteiger partial charge in [0.2, 0.25) is 0 Å². The van der Waals surface area contributed by atoms with E-state index in [2.05, 4.69) is 62.4 Å². The van der Waals surface area contributed by atoms with Crippen LogP contribution in [0.1, 0.15) is 60.0 Å². The monoisotopic (exact) mass is 522 g/mol. The average Bonchev–Trinajstić information content (AvgIpc) is 3.26. The van der Waals surface area contributed by atoms with Gasteiger partial charge in [-0.15, -0.1) is 0 Å². The van der Waals surface area contributed by atoms with Gasteiger partial charge in [0.05, 0.1) is 30.5 Å². The normalized spacial score (nSPS) is 16.6. The lowest BCUT2D eigenvalue weighted by Gasteiger charge is -2.31. The van der Waals surface area contributed by atoms with Gasteiger partial charge in [-0.1, -0.05) is 73.7 Å². The second kappa shape index (κ2) is 9.76. The molecule has 2 aliphatic rings. The minimum Gasteiger partial charge on any atom is -0.497 e. The van der Waals surface area contributed by atoms with Gasteiger partial charge < -0.3 is 9.47 Å². The third kappa shape index (κ3) is 4.09. The number of fused-ring (bicyclic) bond motifs is 3. The van der Waals surface area contributed by atoms with Crippen LogP contribution in [0.15, 0.2) is 82.1 Å². The highest BCUT2D eigenvalue weighted by molar-refractivity contribution is 7.07. The summed E-state index contributed by atoms with van der Waals surface area (Å²) in [5.74, 6) is 1.81. The molecule has 6 heteroatoms. The summed E-state index contributed by atoms with van der Waals surface area (Å²) in [6.45, 7) is 4.40. The second-order valence-corrected chi connectivity index (χ2v) is 11.1. The van der Waals surface area contributed by atoms with Crippen LogP contribution in [0.4, 0.5) is 0 Å². The quantitative estimate of drug-likeness (QED) is 0.350. The van der Waals surface area contributed by atoms with Gasteiger partial charge in [-0.2, -0.15) is 0 Å². The summed E-state index contributed by atoms with van der Waals surface area (Å²) in [5.41, 5.74) is 7.90. The fraction of sp³-hybridized carbons (Fsp3) is 0.250. The van der Waals surface area contributed by atoms with Crippen molar-refractivity contribution >= 4 is 23.1 Å². The minimum atomic E-state index is -0.185. The highest BCUT2D eigenvalue weighted by Gasteiger charge is 2.32. The Balaban J connectivity index is 1.58. The molecule has 1 aliphatic carbocycles. The predicted molar refractivity (Wildman–Crippen MR) is 153 cm³/mol. The zero-order valence-electron chi connectivity index (χ0n) is 22.0. The number of ether oxygens (including phenoxy) is 2. The topological polar surface area (TPSA) is 52.8 Å². The molecule has 1 aromatic heterocycles. The number of aryl methyl sites for hydroxylation is 1. The third-order valence-corrected chi connectivity index (χ3v) is 8.50. The fourth-order valence-electron chi connectivity index (χ4n) is 5.46.